The smallest absolute Gasteiger partial charge is 0.0753 e. The zero-order valence-corrected chi connectivity index (χ0v) is 9.05. The summed E-state index contributed by atoms with van der Waals surface area (Å²) >= 11 is 0. The molecule has 3 heteroatoms. The predicted octanol–water partition coefficient (Wildman–Crippen LogP) is 0.705. The topological polar surface area (TPSA) is 24.5 Å². The third kappa shape index (κ3) is 2.93. The number of ether oxygens (including phenoxy) is 1. The van der Waals surface area contributed by atoms with Gasteiger partial charge in [-0.05, 0) is 13.5 Å². The summed E-state index contributed by atoms with van der Waals surface area (Å²) in [5, 5.41) is 3.48. The van der Waals surface area contributed by atoms with E-state index in [1.165, 1.54) is 13.0 Å². The van der Waals surface area contributed by atoms with E-state index in [4.69, 9.17) is 4.74 Å². The van der Waals surface area contributed by atoms with E-state index < -0.39 is 0 Å². The van der Waals surface area contributed by atoms with Crippen LogP contribution in [0.3, 0.4) is 0 Å². The predicted molar refractivity (Wildman–Crippen MR) is 55.0 cm³/mol. The molecule has 2 atom stereocenters. The summed E-state index contributed by atoms with van der Waals surface area (Å²) in [6, 6.07) is 0.586. The molecule has 0 unspecified atom stereocenters. The Hall–Kier alpha value is -0.120. The molecule has 2 aliphatic heterocycles. The van der Waals surface area contributed by atoms with Gasteiger partial charge in [0.1, 0.15) is 0 Å². The number of hydrogen-bond acceptors (Lipinski definition) is 3. The first kappa shape index (κ1) is 11.0. The molecule has 0 amide bonds. The Morgan fingerprint density at radius 3 is 2.92 bits per heavy atom. The number of nitrogens with one attached hydrogen (secondary N) is 1. The molecule has 1 N–H and O–H groups in total. The van der Waals surface area contributed by atoms with Crippen molar-refractivity contribution in [3.63, 3.8) is 0 Å². The SMILES string of the molecule is CC.CN1CC[C@@H]2OCCN[C@H]2C1. The van der Waals surface area contributed by atoms with E-state index in [0.29, 0.717) is 12.1 Å². The zero-order chi connectivity index (χ0) is 9.68. The number of rotatable bonds is 0. The average Bonchev–Trinajstić information content (AvgIpc) is 2.21. The van der Waals surface area contributed by atoms with Gasteiger partial charge in [-0.1, -0.05) is 13.8 Å². The van der Waals surface area contributed by atoms with Gasteiger partial charge in [-0.25, -0.2) is 0 Å². The first-order valence-electron chi connectivity index (χ1n) is 5.40. The van der Waals surface area contributed by atoms with Crippen molar-refractivity contribution in [2.75, 3.05) is 33.3 Å². The maximum Gasteiger partial charge on any atom is 0.0753 e. The monoisotopic (exact) mass is 186 g/mol. The number of morpholine rings is 1. The molecule has 0 aromatic heterocycles. The van der Waals surface area contributed by atoms with Crippen molar-refractivity contribution in [1.29, 1.82) is 0 Å². The third-order valence-corrected chi connectivity index (χ3v) is 2.59. The Bertz CT molecular complexity index is 141. The fourth-order valence-corrected chi connectivity index (χ4v) is 1.94. The summed E-state index contributed by atoms with van der Waals surface area (Å²) < 4.78 is 5.64. The van der Waals surface area contributed by atoms with E-state index in [1.807, 2.05) is 13.8 Å². The second kappa shape index (κ2) is 5.58. The fraction of sp³-hybridized carbons (Fsp3) is 1.00. The Labute approximate surface area is 81.4 Å². The van der Waals surface area contributed by atoms with E-state index in [9.17, 15) is 0 Å². The summed E-state index contributed by atoms with van der Waals surface area (Å²) in [5.41, 5.74) is 0. The van der Waals surface area contributed by atoms with Crippen LogP contribution in [0.5, 0.6) is 0 Å². The quantitative estimate of drug-likeness (QED) is 0.603. The van der Waals surface area contributed by atoms with Gasteiger partial charge in [0, 0.05) is 25.7 Å². The normalized spacial score (nSPS) is 34.4. The highest BCUT2D eigenvalue weighted by Gasteiger charge is 2.29. The zero-order valence-electron chi connectivity index (χ0n) is 9.05. The minimum atomic E-state index is 0.486. The Kier molecular flexibility index (Phi) is 4.70. The van der Waals surface area contributed by atoms with E-state index in [1.54, 1.807) is 0 Å². The van der Waals surface area contributed by atoms with Crippen LogP contribution in [0.1, 0.15) is 20.3 Å². The van der Waals surface area contributed by atoms with Crippen LogP contribution in [0.15, 0.2) is 0 Å². The molecule has 2 saturated heterocycles. The lowest BCUT2D eigenvalue weighted by molar-refractivity contribution is -0.0385. The minimum absolute atomic E-state index is 0.486. The van der Waals surface area contributed by atoms with E-state index >= 15 is 0 Å². The molecule has 0 saturated carbocycles. The van der Waals surface area contributed by atoms with Crippen LogP contribution in [0.25, 0.3) is 0 Å². The summed E-state index contributed by atoms with van der Waals surface area (Å²) in [4.78, 5) is 2.36. The van der Waals surface area contributed by atoms with Crippen molar-refractivity contribution < 1.29 is 4.74 Å². The first-order valence-corrected chi connectivity index (χ1v) is 5.40. The van der Waals surface area contributed by atoms with Crippen molar-refractivity contribution in [1.82, 2.24) is 10.2 Å². The highest BCUT2D eigenvalue weighted by atomic mass is 16.5. The number of likely N-dealkylation sites (N-methyl/N-ethyl adjacent to an activating group) is 1. The molecule has 0 aliphatic carbocycles. The molecule has 0 aromatic rings. The van der Waals surface area contributed by atoms with Gasteiger partial charge in [0.2, 0.25) is 0 Å². The standard InChI is InChI=1S/C8H16N2O.C2H6/c1-10-4-2-8-7(6-10)9-3-5-11-8;1-2/h7-9H,2-6H2,1H3;1-2H3/t7-,8-;/m0./s1. The lowest BCUT2D eigenvalue weighted by atomic mass is 10.0. The van der Waals surface area contributed by atoms with Gasteiger partial charge in [0.05, 0.1) is 12.7 Å². The molecule has 0 aromatic carbocycles. The van der Waals surface area contributed by atoms with Gasteiger partial charge in [0.15, 0.2) is 0 Å². The van der Waals surface area contributed by atoms with Gasteiger partial charge in [-0.15, -0.1) is 0 Å². The maximum atomic E-state index is 5.64. The molecule has 78 valence electrons. The van der Waals surface area contributed by atoms with Crippen LogP contribution in [0, 0.1) is 0 Å². The van der Waals surface area contributed by atoms with Gasteiger partial charge < -0.3 is 15.0 Å². The number of hydrogen-bond donors (Lipinski definition) is 1. The van der Waals surface area contributed by atoms with Gasteiger partial charge >= 0.3 is 0 Å². The molecule has 0 bridgehead atoms. The highest BCUT2D eigenvalue weighted by molar-refractivity contribution is 4.87. The summed E-state index contributed by atoms with van der Waals surface area (Å²) in [6.07, 6.45) is 1.67. The molecule has 0 spiro atoms. The van der Waals surface area contributed by atoms with Crippen molar-refractivity contribution in [3.8, 4) is 0 Å². The van der Waals surface area contributed by atoms with Crippen LogP contribution in [-0.2, 0) is 4.74 Å². The fourth-order valence-electron chi connectivity index (χ4n) is 1.94. The molecule has 2 fully saturated rings. The van der Waals surface area contributed by atoms with Gasteiger partial charge in [-0.3, -0.25) is 0 Å². The van der Waals surface area contributed by atoms with Crippen LogP contribution >= 0.6 is 0 Å². The van der Waals surface area contributed by atoms with Crippen LogP contribution in [0.2, 0.25) is 0 Å². The van der Waals surface area contributed by atoms with Gasteiger partial charge in [0.25, 0.3) is 0 Å². The number of nitrogens with zero attached hydrogens (tertiary/aromatic N) is 1. The maximum absolute atomic E-state index is 5.64. The van der Waals surface area contributed by atoms with Crippen molar-refractivity contribution in [2.45, 2.75) is 32.4 Å². The van der Waals surface area contributed by atoms with Gasteiger partial charge in [-0.2, -0.15) is 0 Å². The largest absolute Gasteiger partial charge is 0.375 e. The Morgan fingerprint density at radius 1 is 1.38 bits per heavy atom. The van der Waals surface area contributed by atoms with Crippen molar-refractivity contribution in [2.24, 2.45) is 0 Å². The lowest BCUT2D eigenvalue weighted by Gasteiger charge is -2.40. The Morgan fingerprint density at radius 2 is 2.15 bits per heavy atom. The molecule has 0 radical (unpaired) electrons. The molecular formula is C10H22N2O. The second-order valence-electron chi connectivity index (χ2n) is 3.52. The van der Waals surface area contributed by atoms with E-state index in [-0.39, 0.29) is 0 Å². The number of fused-ring (bicyclic) bond motifs is 1. The van der Waals surface area contributed by atoms with E-state index in [0.717, 1.165) is 19.7 Å². The lowest BCUT2D eigenvalue weighted by Crippen LogP contribution is -2.57. The van der Waals surface area contributed by atoms with E-state index in [2.05, 4.69) is 17.3 Å². The van der Waals surface area contributed by atoms with Crippen LogP contribution in [0.4, 0.5) is 0 Å². The summed E-state index contributed by atoms with van der Waals surface area (Å²) in [6.45, 7) is 8.24. The molecular weight excluding hydrogens is 164 g/mol. The minimum Gasteiger partial charge on any atom is -0.375 e. The average molecular weight is 186 g/mol. The number of piperidine rings is 1. The highest BCUT2D eigenvalue weighted by Crippen LogP contribution is 2.15. The molecule has 3 nitrogen and oxygen atoms in total. The van der Waals surface area contributed by atoms with Crippen LogP contribution < -0.4 is 5.32 Å². The molecule has 2 rings (SSSR count). The molecule has 13 heavy (non-hydrogen) atoms. The Balaban J connectivity index is 0.000000396. The molecule has 2 heterocycles. The summed E-state index contributed by atoms with van der Waals surface area (Å²) in [7, 11) is 2.17. The number of likely N-dealkylation sites (tertiary alicyclic amines) is 1. The first-order chi connectivity index (χ1) is 6.36. The summed E-state index contributed by atoms with van der Waals surface area (Å²) in [5.74, 6) is 0. The van der Waals surface area contributed by atoms with Crippen molar-refractivity contribution >= 4 is 0 Å². The van der Waals surface area contributed by atoms with Crippen LogP contribution in [-0.4, -0.2) is 50.3 Å². The van der Waals surface area contributed by atoms with Crippen molar-refractivity contribution in [3.05, 3.63) is 0 Å². The third-order valence-electron chi connectivity index (χ3n) is 2.59. The second-order valence-corrected chi connectivity index (χ2v) is 3.52. The molecule has 2 aliphatic rings.